The van der Waals surface area contributed by atoms with Crippen molar-refractivity contribution in [1.29, 1.82) is 0 Å². The largest absolute Gasteiger partial charge is 0.377 e. The van der Waals surface area contributed by atoms with Crippen LogP contribution in [-0.4, -0.2) is 24.5 Å². The molecular formula is C15H22BrNOS. The Morgan fingerprint density at radius 3 is 3.00 bits per heavy atom. The molecule has 19 heavy (non-hydrogen) atoms. The van der Waals surface area contributed by atoms with Crippen LogP contribution in [0.1, 0.15) is 32.3 Å². The van der Waals surface area contributed by atoms with Gasteiger partial charge in [0.2, 0.25) is 0 Å². The predicted octanol–water partition coefficient (Wildman–Crippen LogP) is 4.22. The first-order valence-corrected chi connectivity index (χ1v) is 8.65. The third-order valence-electron chi connectivity index (χ3n) is 3.35. The first-order chi connectivity index (χ1) is 9.20. The van der Waals surface area contributed by atoms with Crippen LogP contribution in [0, 0.1) is 0 Å². The van der Waals surface area contributed by atoms with E-state index in [1.165, 1.54) is 16.9 Å². The molecule has 0 bridgehead atoms. The molecule has 1 heterocycles. The molecule has 0 radical (unpaired) electrons. The molecule has 1 aliphatic heterocycles. The summed E-state index contributed by atoms with van der Waals surface area (Å²) in [7, 11) is 0. The summed E-state index contributed by atoms with van der Waals surface area (Å²) >= 11 is 5.53. The zero-order valence-electron chi connectivity index (χ0n) is 11.6. The van der Waals surface area contributed by atoms with E-state index in [-0.39, 0.29) is 0 Å². The lowest BCUT2D eigenvalue weighted by Crippen LogP contribution is -2.16. The Hall–Kier alpha value is -0.0300. The Bertz CT molecular complexity index is 413. The molecule has 2 atom stereocenters. The van der Waals surface area contributed by atoms with Crippen LogP contribution < -0.4 is 5.32 Å². The van der Waals surface area contributed by atoms with Crippen molar-refractivity contribution < 1.29 is 4.74 Å². The first kappa shape index (κ1) is 15.4. The summed E-state index contributed by atoms with van der Waals surface area (Å²) < 4.78 is 6.81. The molecule has 0 aliphatic carbocycles. The minimum absolute atomic E-state index is 0.366. The molecule has 0 saturated carbocycles. The fourth-order valence-corrected chi connectivity index (χ4v) is 3.88. The van der Waals surface area contributed by atoms with Gasteiger partial charge < -0.3 is 10.1 Å². The number of hydrogen-bond donors (Lipinski definition) is 1. The average molecular weight is 344 g/mol. The van der Waals surface area contributed by atoms with Gasteiger partial charge in [0.15, 0.2) is 0 Å². The van der Waals surface area contributed by atoms with Crippen LogP contribution in [0.2, 0.25) is 0 Å². The molecule has 0 spiro atoms. The average Bonchev–Trinajstić information content (AvgIpc) is 2.78. The molecular weight excluding hydrogens is 322 g/mol. The summed E-state index contributed by atoms with van der Waals surface area (Å²) in [6.45, 7) is 7.29. The molecule has 0 aromatic heterocycles. The fourth-order valence-electron chi connectivity index (χ4n) is 2.23. The van der Waals surface area contributed by atoms with Crippen molar-refractivity contribution in [3.05, 3.63) is 28.2 Å². The number of rotatable bonds is 6. The van der Waals surface area contributed by atoms with Gasteiger partial charge in [-0.3, -0.25) is 0 Å². The highest BCUT2D eigenvalue weighted by molar-refractivity contribution is 9.10. The van der Waals surface area contributed by atoms with Crippen LogP contribution in [0.4, 0.5) is 0 Å². The second-order valence-electron chi connectivity index (χ2n) is 4.95. The minimum atomic E-state index is 0.366. The Labute approximate surface area is 128 Å². The van der Waals surface area contributed by atoms with Crippen LogP contribution in [0.5, 0.6) is 0 Å². The van der Waals surface area contributed by atoms with Crippen molar-refractivity contribution in [3.8, 4) is 0 Å². The van der Waals surface area contributed by atoms with E-state index >= 15 is 0 Å². The predicted molar refractivity (Wildman–Crippen MR) is 85.8 cm³/mol. The molecule has 1 aromatic carbocycles. The van der Waals surface area contributed by atoms with Crippen molar-refractivity contribution in [2.75, 3.05) is 13.2 Å². The summed E-state index contributed by atoms with van der Waals surface area (Å²) in [5, 5.41) is 4.08. The maximum absolute atomic E-state index is 5.65. The molecule has 1 aliphatic rings. The third-order valence-corrected chi connectivity index (χ3v) is 5.42. The number of benzene rings is 1. The first-order valence-electron chi connectivity index (χ1n) is 6.98. The molecule has 1 saturated heterocycles. The molecule has 1 N–H and O–H groups in total. The topological polar surface area (TPSA) is 21.3 Å². The Morgan fingerprint density at radius 1 is 1.47 bits per heavy atom. The van der Waals surface area contributed by atoms with E-state index < -0.39 is 0 Å². The van der Waals surface area contributed by atoms with E-state index in [2.05, 4.69) is 53.3 Å². The van der Waals surface area contributed by atoms with Gasteiger partial charge in [-0.15, -0.1) is 11.8 Å². The number of ether oxygens (including phenoxy) is 1. The fraction of sp³-hybridized carbons (Fsp3) is 0.600. The van der Waals surface area contributed by atoms with Gasteiger partial charge in [0.25, 0.3) is 0 Å². The summed E-state index contributed by atoms with van der Waals surface area (Å²) in [4.78, 5) is 1.38. The molecule has 1 fully saturated rings. The van der Waals surface area contributed by atoms with Gasteiger partial charge in [-0.2, -0.15) is 0 Å². The van der Waals surface area contributed by atoms with Gasteiger partial charge in [0.1, 0.15) is 0 Å². The third kappa shape index (κ3) is 4.48. The quantitative estimate of drug-likeness (QED) is 0.781. The van der Waals surface area contributed by atoms with Gasteiger partial charge in [-0.05, 0) is 50.1 Å². The standard InChI is InChI=1S/C15H22BrNOS/c1-3-7-17-10-12-9-13(16)4-5-15(12)19-14-6-8-18-11(14)2/h4-5,9,11,14,17H,3,6-8,10H2,1-2H3. The van der Waals surface area contributed by atoms with E-state index in [0.717, 1.165) is 30.6 Å². The Kier molecular flexibility index (Phi) is 6.20. The highest BCUT2D eigenvalue weighted by Gasteiger charge is 2.25. The zero-order chi connectivity index (χ0) is 13.7. The van der Waals surface area contributed by atoms with Crippen molar-refractivity contribution in [3.63, 3.8) is 0 Å². The van der Waals surface area contributed by atoms with Gasteiger partial charge in [0, 0.05) is 27.8 Å². The van der Waals surface area contributed by atoms with E-state index in [1.54, 1.807) is 0 Å². The summed E-state index contributed by atoms with van der Waals surface area (Å²) in [5.41, 5.74) is 1.38. The minimum Gasteiger partial charge on any atom is -0.377 e. The molecule has 2 rings (SSSR count). The lowest BCUT2D eigenvalue weighted by atomic mass is 10.2. The summed E-state index contributed by atoms with van der Waals surface area (Å²) in [5.74, 6) is 0. The van der Waals surface area contributed by atoms with Gasteiger partial charge >= 0.3 is 0 Å². The number of hydrogen-bond acceptors (Lipinski definition) is 3. The van der Waals surface area contributed by atoms with Crippen LogP contribution >= 0.6 is 27.7 Å². The smallest absolute Gasteiger partial charge is 0.0669 e. The van der Waals surface area contributed by atoms with Crippen LogP contribution in [0.3, 0.4) is 0 Å². The van der Waals surface area contributed by atoms with Crippen molar-refractivity contribution in [2.24, 2.45) is 0 Å². The monoisotopic (exact) mass is 343 g/mol. The van der Waals surface area contributed by atoms with Crippen LogP contribution in [-0.2, 0) is 11.3 Å². The SMILES string of the molecule is CCCNCc1cc(Br)ccc1SC1CCOC1C. The normalized spacial score (nSPS) is 22.9. The lowest BCUT2D eigenvalue weighted by molar-refractivity contribution is 0.127. The summed E-state index contributed by atoms with van der Waals surface area (Å²) in [6, 6.07) is 6.58. The number of thioether (sulfide) groups is 1. The molecule has 1 aromatic rings. The van der Waals surface area contributed by atoms with Crippen LogP contribution in [0.25, 0.3) is 0 Å². The summed E-state index contributed by atoms with van der Waals surface area (Å²) in [6.07, 6.45) is 2.69. The Morgan fingerprint density at radius 2 is 2.32 bits per heavy atom. The van der Waals surface area contributed by atoms with E-state index in [0.29, 0.717) is 11.4 Å². The van der Waals surface area contributed by atoms with E-state index in [1.807, 2.05) is 11.8 Å². The maximum atomic E-state index is 5.65. The lowest BCUT2D eigenvalue weighted by Gasteiger charge is -2.17. The molecule has 2 unspecified atom stereocenters. The molecule has 4 heteroatoms. The van der Waals surface area contributed by atoms with Crippen molar-refractivity contribution in [2.45, 2.75) is 49.5 Å². The van der Waals surface area contributed by atoms with E-state index in [9.17, 15) is 0 Å². The molecule has 2 nitrogen and oxygen atoms in total. The van der Waals surface area contributed by atoms with Gasteiger partial charge in [-0.1, -0.05) is 22.9 Å². The van der Waals surface area contributed by atoms with Crippen molar-refractivity contribution >= 4 is 27.7 Å². The second-order valence-corrected chi connectivity index (χ2v) is 7.15. The van der Waals surface area contributed by atoms with Crippen LogP contribution in [0.15, 0.2) is 27.6 Å². The molecule has 0 amide bonds. The Balaban J connectivity index is 2.05. The maximum Gasteiger partial charge on any atom is 0.0669 e. The van der Waals surface area contributed by atoms with Gasteiger partial charge in [0.05, 0.1) is 6.10 Å². The van der Waals surface area contributed by atoms with Crippen molar-refractivity contribution in [1.82, 2.24) is 5.32 Å². The highest BCUT2D eigenvalue weighted by Crippen LogP contribution is 2.35. The second kappa shape index (κ2) is 7.67. The highest BCUT2D eigenvalue weighted by atomic mass is 79.9. The number of halogens is 1. The zero-order valence-corrected chi connectivity index (χ0v) is 14.0. The molecule has 106 valence electrons. The number of nitrogens with one attached hydrogen (secondary N) is 1. The van der Waals surface area contributed by atoms with E-state index in [4.69, 9.17) is 4.74 Å². The van der Waals surface area contributed by atoms with Gasteiger partial charge in [-0.25, -0.2) is 0 Å².